The van der Waals surface area contributed by atoms with E-state index in [0.717, 1.165) is 17.0 Å². The Morgan fingerprint density at radius 1 is 1.15 bits per heavy atom. The fraction of sp³-hybridized carbons (Fsp3) is 0.421. The van der Waals surface area contributed by atoms with Gasteiger partial charge in [-0.05, 0) is 32.0 Å². The highest BCUT2D eigenvalue weighted by molar-refractivity contribution is 5.94. The number of aryl methyl sites for hydroxylation is 2. The summed E-state index contributed by atoms with van der Waals surface area (Å²) >= 11 is 0. The summed E-state index contributed by atoms with van der Waals surface area (Å²) in [6.45, 7) is 5.98. The molecule has 2 amide bonds. The van der Waals surface area contributed by atoms with Crippen LogP contribution >= 0.6 is 0 Å². The molecule has 26 heavy (non-hydrogen) atoms. The third kappa shape index (κ3) is 3.71. The number of hydrogen-bond donors (Lipinski definition) is 1. The van der Waals surface area contributed by atoms with Crippen LogP contribution in [-0.2, 0) is 11.2 Å². The largest absolute Gasteiger partial charge is 0.497 e. The van der Waals surface area contributed by atoms with Gasteiger partial charge in [-0.1, -0.05) is 6.07 Å². The maximum absolute atomic E-state index is 12.6. The van der Waals surface area contributed by atoms with E-state index in [-0.39, 0.29) is 11.8 Å². The van der Waals surface area contributed by atoms with Crippen molar-refractivity contribution in [2.75, 3.05) is 33.3 Å². The van der Waals surface area contributed by atoms with Crippen molar-refractivity contribution >= 4 is 11.8 Å². The Morgan fingerprint density at radius 3 is 2.46 bits per heavy atom. The highest BCUT2D eigenvalue weighted by Crippen LogP contribution is 2.17. The normalized spacial score (nSPS) is 14.4. The quantitative estimate of drug-likeness (QED) is 0.902. The number of H-pyrrole nitrogens is 1. The lowest BCUT2D eigenvalue weighted by Crippen LogP contribution is -2.51. The second kappa shape index (κ2) is 7.59. The Bertz CT molecular complexity index is 787. The minimum Gasteiger partial charge on any atom is -0.497 e. The van der Waals surface area contributed by atoms with Gasteiger partial charge in [0.1, 0.15) is 5.75 Å². The summed E-state index contributed by atoms with van der Waals surface area (Å²) in [5, 5.41) is 7.05. The van der Waals surface area contributed by atoms with Crippen molar-refractivity contribution in [3.05, 3.63) is 46.8 Å². The number of rotatable bonds is 4. The number of piperazine rings is 1. The molecule has 0 unspecified atom stereocenters. The first-order valence-electron chi connectivity index (χ1n) is 8.71. The summed E-state index contributed by atoms with van der Waals surface area (Å²) in [4.78, 5) is 28.8. The van der Waals surface area contributed by atoms with Gasteiger partial charge in [-0.2, -0.15) is 5.10 Å². The SMILES string of the molecule is COc1cccc(C(=O)N2CCN(C(=O)Cc3c(C)n[nH]c3C)CC2)c1. The second-order valence-corrected chi connectivity index (χ2v) is 6.49. The molecule has 1 aromatic carbocycles. The molecule has 0 aliphatic carbocycles. The van der Waals surface area contributed by atoms with Crippen molar-refractivity contribution in [1.29, 1.82) is 0 Å². The number of amides is 2. The second-order valence-electron chi connectivity index (χ2n) is 6.49. The van der Waals surface area contributed by atoms with Crippen molar-refractivity contribution < 1.29 is 14.3 Å². The van der Waals surface area contributed by atoms with Gasteiger partial charge in [0.2, 0.25) is 5.91 Å². The Kier molecular flexibility index (Phi) is 5.25. The van der Waals surface area contributed by atoms with Crippen LogP contribution in [0.2, 0.25) is 0 Å². The van der Waals surface area contributed by atoms with E-state index in [1.807, 2.05) is 24.8 Å². The lowest BCUT2D eigenvalue weighted by Gasteiger charge is -2.35. The van der Waals surface area contributed by atoms with Gasteiger partial charge in [0.05, 0.1) is 19.2 Å². The molecular weight excluding hydrogens is 332 g/mol. The predicted octanol–water partition coefficient (Wildman–Crippen LogP) is 1.56. The van der Waals surface area contributed by atoms with Crippen LogP contribution in [0.25, 0.3) is 0 Å². The van der Waals surface area contributed by atoms with Crippen LogP contribution in [-0.4, -0.2) is 65.1 Å². The number of carbonyl (C=O) groups is 2. The van der Waals surface area contributed by atoms with E-state index in [2.05, 4.69) is 10.2 Å². The molecule has 0 spiro atoms. The van der Waals surface area contributed by atoms with E-state index in [1.54, 1.807) is 30.2 Å². The summed E-state index contributed by atoms with van der Waals surface area (Å²) in [5.41, 5.74) is 3.36. The van der Waals surface area contributed by atoms with Gasteiger partial charge in [-0.25, -0.2) is 0 Å². The van der Waals surface area contributed by atoms with Crippen LogP contribution in [0, 0.1) is 13.8 Å². The molecule has 1 aromatic heterocycles. The Labute approximate surface area is 152 Å². The van der Waals surface area contributed by atoms with Gasteiger partial charge in [0.15, 0.2) is 0 Å². The monoisotopic (exact) mass is 356 g/mol. The van der Waals surface area contributed by atoms with Crippen molar-refractivity contribution in [3.8, 4) is 5.75 Å². The van der Waals surface area contributed by atoms with Gasteiger partial charge in [0.25, 0.3) is 5.91 Å². The van der Waals surface area contributed by atoms with E-state index in [9.17, 15) is 9.59 Å². The van der Waals surface area contributed by atoms with Crippen molar-refractivity contribution in [1.82, 2.24) is 20.0 Å². The zero-order valence-electron chi connectivity index (χ0n) is 15.4. The standard InChI is InChI=1S/C19H24N4O3/c1-13-17(14(2)21-20-13)12-18(24)22-7-9-23(10-8-22)19(25)15-5-4-6-16(11-15)26-3/h4-6,11H,7-10,12H2,1-3H3,(H,20,21). The van der Waals surface area contributed by atoms with Crippen LogP contribution < -0.4 is 4.74 Å². The molecule has 2 aromatic rings. The van der Waals surface area contributed by atoms with E-state index >= 15 is 0 Å². The number of benzene rings is 1. The summed E-state index contributed by atoms with van der Waals surface area (Å²) < 4.78 is 5.18. The molecule has 7 nitrogen and oxygen atoms in total. The fourth-order valence-electron chi connectivity index (χ4n) is 3.20. The number of aromatic nitrogens is 2. The molecule has 1 aliphatic heterocycles. The third-order valence-corrected chi connectivity index (χ3v) is 4.84. The number of aromatic amines is 1. The molecule has 0 atom stereocenters. The molecule has 7 heteroatoms. The van der Waals surface area contributed by atoms with Crippen LogP contribution in [0.3, 0.4) is 0 Å². The van der Waals surface area contributed by atoms with Gasteiger partial charge in [-0.3, -0.25) is 14.7 Å². The number of nitrogens with zero attached hydrogens (tertiary/aromatic N) is 3. The first kappa shape index (κ1) is 18.0. The number of hydrogen-bond acceptors (Lipinski definition) is 4. The predicted molar refractivity (Wildman–Crippen MR) is 97.2 cm³/mol. The van der Waals surface area contributed by atoms with E-state index in [4.69, 9.17) is 4.74 Å². The van der Waals surface area contributed by atoms with Gasteiger partial charge in [0, 0.05) is 43.0 Å². The highest BCUT2D eigenvalue weighted by atomic mass is 16.5. The average Bonchev–Trinajstić information content (AvgIpc) is 2.99. The summed E-state index contributed by atoms with van der Waals surface area (Å²) in [6.07, 6.45) is 0.345. The van der Waals surface area contributed by atoms with Crippen LogP contribution in [0.15, 0.2) is 24.3 Å². The molecule has 2 heterocycles. The molecule has 1 N–H and O–H groups in total. The molecule has 0 bridgehead atoms. The molecule has 138 valence electrons. The number of carbonyl (C=O) groups excluding carboxylic acids is 2. The Balaban J connectivity index is 1.58. The minimum atomic E-state index is -0.0301. The molecule has 1 fully saturated rings. The zero-order chi connectivity index (χ0) is 18.7. The molecule has 0 saturated carbocycles. The van der Waals surface area contributed by atoms with Gasteiger partial charge in [-0.15, -0.1) is 0 Å². The van der Waals surface area contributed by atoms with Crippen LogP contribution in [0.4, 0.5) is 0 Å². The highest BCUT2D eigenvalue weighted by Gasteiger charge is 2.25. The topological polar surface area (TPSA) is 78.5 Å². The molecular formula is C19H24N4O3. The summed E-state index contributed by atoms with van der Waals surface area (Å²) in [5.74, 6) is 0.708. The minimum absolute atomic E-state index is 0.0301. The number of ether oxygens (including phenoxy) is 1. The van der Waals surface area contributed by atoms with Crippen molar-refractivity contribution in [2.45, 2.75) is 20.3 Å². The molecule has 3 rings (SSSR count). The summed E-state index contributed by atoms with van der Waals surface area (Å²) in [7, 11) is 1.58. The zero-order valence-corrected chi connectivity index (χ0v) is 15.4. The van der Waals surface area contributed by atoms with E-state index < -0.39 is 0 Å². The maximum Gasteiger partial charge on any atom is 0.254 e. The molecule has 0 radical (unpaired) electrons. The number of methoxy groups -OCH3 is 1. The lowest BCUT2D eigenvalue weighted by molar-refractivity contribution is -0.131. The van der Waals surface area contributed by atoms with E-state index in [1.165, 1.54) is 0 Å². The van der Waals surface area contributed by atoms with Crippen molar-refractivity contribution in [2.24, 2.45) is 0 Å². The Morgan fingerprint density at radius 2 is 1.85 bits per heavy atom. The fourth-order valence-corrected chi connectivity index (χ4v) is 3.20. The third-order valence-electron chi connectivity index (χ3n) is 4.84. The first-order valence-corrected chi connectivity index (χ1v) is 8.71. The molecule has 1 aliphatic rings. The van der Waals surface area contributed by atoms with Crippen molar-refractivity contribution in [3.63, 3.8) is 0 Å². The van der Waals surface area contributed by atoms with Crippen LogP contribution in [0.1, 0.15) is 27.3 Å². The molecule has 1 saturated heterocycles. The average molecular weight is 356 g/mol. The van der Waals surface area contributed by atoms with Crippen LogP contribution in [0.5, 0.6) is 5.75 Å². The smallest absolute Gasteiger partial charge is 0.254 e. The maximum atomic E-state index is 12.6. The summed E-state index contributed by atoms with van der Waals surface area (Å²) in [6, 6.07) is 7.14. The lowest BCUT2D eigenvalue weighted by atomic mass is 10.1. The van der Waals surface area contributed by atoms with Gasteiger partial charge < -0.3 is 14.5 Å². The first-order chi connectivity index (χ1) is 12.5. The van der Waals surface area contributed by atoms with Gasteiger partial charge >= 0.3 is 0 Å². The number of nitrogens with one attached hydrogen (secondary N) is 1. The Hall–Kier alpha value is -2.83. The van der Waals surface area contributed by atoms with E-state index in [0.29, 0.717) is 43.9 Å².